The number of fused-ring (bicyclic) bond motifs is 1. The molecule has 1 aromatic heterocycles. The molecule has 2 aromatic carbocycles. The number of carbonyl (C=O) groups excluding carboxylic acids is 1. The molecule has 0 fully saturated rings. The molecule has 0 unspecified atom stereocenters. The van der Waals surface area contributed by atoms with Gasteiger partial charge in [0.2, 0.25) is 5.75 Å². The van der Waals surface area contributed by atoms with Crippen molar-refractivity contribution in [2.24, 2.45) is 0 Å². The maximum atomic E-state index is 12.8. The third-order valence-electron chi connectivity index (χ3n) is 5.78. The number of para-hydroxylation sites is 2. The lowest BCUT2D eigenvalue weighted by Crippen LogP contribution is -2.26. The van der Waals surface area contributed by atoms with Crippen LogP contribution in [0.3, 0.4) is 0 Å². The first kappa shape index (κ1) is 24.4. The molecule has 3 rings (SSSR count). The molecule has 0 aliphatic heterocycles. The molecule has 0 aliphatic rings. The van der Waals surface area contributed by atoms with Crippen LogP contribution in [0.25, 0.3) is 11.0 Å². The third kappa shape index (κ3) is 5.97. The molecule has 0 spiro atoms. The number of amides is 1. The Bertz CT molecular complexity index is 1040. The SMILES string of the molecule is CCCCCCCn1c(CCNC(=O)c2cc(OC)c(OC)c(OC)c2)nc2ccccc21. The molecule has 0 saturated heterocycles. The molecule has 0 radical (unpaired) electrons. The highest BCUT2D eigenvalue weighted by Gasteiger charge is 2.17. The zero-order valence-electron chi connectivity index (χ0n) is 20.1. The first-order valence-electron chi connectivity index (χ1n) is 11.6. The molecule has 0 aliphatic carbocycles. The molecule has 7 nitrogen and oxygen atoms in total. The lowest BCUT2D eigenvalue weighted by Gasteiger charge is -2.14. The molecular weight excluding hydrogens is 418 g/mol. The summed E-state index contributed by atoms with van der Waals surface area (Å²) >= 11 is 0. The first-order valence-corrected chi connectivity index (χ1v) is 11.6. The second-order valence-corrected chi connectivity index (χ2v) is 8.00. The summed E-state index contributed by atoms with van der Waals surface area (Å²) in [5.74, 6) is 2.16. The normalized spacial score (nSPS) is 10.9. The van der Waals surface area contributed by atoms with Crippen molar-refractivity contribution in [1.82, 2.24) is 14.9 Å². The van der Waals surface area contributed by atoms with Crippen molar-refractivity contribution < 1.29 is 19.0 Å². The molecule has 1 N–H and O–H groups in total. The predicted octanol–water partition coefficient (Wildman–Crippen LogP) is 5.01. The zero-order chi connectivity index (χ0) is 23.6. The van der Waals surface area contributed by atoms with E-state index in [9.17, 15) is 4.79 Å². The number of nitrogens with one attached hydrogen (secondary N) is 1. The molecule has 7 heteroatoms. The van der Waals surface area contributed by atoms with E-state index >= 15 is 0 Å². The second-order valence-electron chi connectivity index (χ2n) is 8.00. The summed E-state index contributed by atoms with van der Waals surface area (Å²) in [7, 11) is 4.60. The minimum atomic E-state index is -0.198. The van der Waals surface area contributed by atoms with Crippen molar-refractivity contribution in [3.05, 3.63) is 47.8 Å². The van der Waals surface area contributed by atoms with Crippen LogP contribution in [0.1, 0.15) is 55.2 Å². The summed E-state index contributed by atoms with van der Waals surface area (Å²) in [5, 5.41) is 3.00. The number of carbonyl (C=O) groups is 1. The van der Waals surface area contributed by atoms with Crippen molar-refractivity contribution in [1.29, 1.82) is 0 Å². The van der Waals surface area contributed by atoms with Crippen LogP contribution in [0.2, 0.25) is 0 Å². The Hall–Kier alpha value is -3.22. The van der Waals surface area contributed by atoms with Gasteiger partial charge in [0.15, 0.2) is 11.5 Å². The number of hydrogen-bond acceptors (Lipinski definition) is 5. The van der Waals surface area contributed by atoms with Crippen LogP contribution in [0.4, 0.5) is 0 Å². The number of ether oxygens (including phenoxy) is 3. The van der Waals surface area contributed by atoms with Crippen molar-refractivity contribution in [2.45, 2.75) is 52.0 Å². The van der Waals surface area contributed by atoms with E-state index in [1.54, 1.807) is 12.1 Å². The molecule has 0 atom stereocenters. The van der Waals surface area contributed by atoms with Crippen LogP contribution < -0.4 is 19.5 Å². The first-order chi connectivity index (χ1) is 16.1. The average molecular weight is 454 g/mol. The van der Waals surface area contributed by atoms with E-state index in [0.29, 0.717) is 35.8 Å². The fraction of sp³-hybridized carbons (Fsp3) is 0.462. The van der Waals surface area contributed by atoms with Gasteiger partial charge in [-0.3, -0.25) is 4.79 Å². The minimum Gasteiger partial charge on any atom is -0.493 e. The van der Waals surface area contributed by atoms with E-state index in [2.05, 4.69) is 22.9 Å². The summed E-state index contributed by atoms with van der Waals surface area (Å²) in [6, 6.07) is 11.5. The number of aromatic nitrogens is 2. The van der Waals surface area contributed by atoms with E-state index in [0.717, 1.165) is 29.8 Å². The molecule has 1 heterocycles. The van der Waals surface area contributed by atoms with Gasteiger partial charge in [-0.1, -0.05) is 44.7 Å². The lowest BCUT2D eigenvalue weighted by molar-refractivity contribution is 0.0953. The van der Waals surface area contributed by atoms with Gasteiger partial charge in [-0.2, -0.15) is 0 Å². The molecule has 178 valence electrons. The Labute approximate surface area is 196 Å². The Kier molecular flexibility index (Phi) is 8.98. The number of aryl methyl sites for hydroxylation is 1. The standard InChI is InChI=1S/C26H35N3O4/c1-5-6-7-8-11-16-29-21-13-10-9-12-20(21)28-24(29)14-15-27-26(30)19-17-22(31-2)25(33-4)23(18-19)32-3/h9-10,12-13,17-18H,5-8,11,14-16H2,1-4H3,(H,27,30). The Morgan fingerprint density at radius 3 is 2.33 bits per heavy atom. The molecule has 0 bridgehead atoms. The highest BCUT2D eigenvalue weighted by molar-refractivity contribution is 5.95. The van der Waals surface area contributed by atoms with E-state index in [1.165, 1.54) is 47.0 Å². The average Bonchev–Trinajstić information content (AvgIpc) is 3.20. The summed E-state index contributed by atoms with van der Waals surface area (Å²) in [4.78, 5) is 17.6. The van der Waals surface area contributed by atoms with Gasteiger partial charge < -0.3 is 24.1 Å². The Morgan fingerprint density at radius 2 is 1.67 bits per heavy atom. The minimum absolute atomic E-state index is 0.198. The lowest BCUT2D eigenvalue weighted by atomic mass is 10.1. The summed E-state index contributed by atoms with van der Waals surface area (Å²) < 4.78 is 18.3. The number of methoxy groups -OCH3 is 3. The van der Waals surface area contributed by atoms with Crippen LogP contribution in [-0.2, 0) is 13.0 Å². The van der Waals surface area contributed by atoms with E-state index in [1.807, 2.05) is 18.2 Å². The number of imidazole rings is 1. The van der Waals surface area contributed by atoms with Crippen LogP contribution in [0, 0.1) is 0 Å². The second kappa shape index (κ2) is 12.1. The smallest absolute Gasteiger partial charge is 0.251 e. The van der Waals surface area contributed by atoms with Gasteiger partial charge in [-0.05, 0) is 30.7 Å². The molecule has 3 aromatic rings. The fourth-order valence-corrected chi connectivity index (χ4v) is 4.04. The monoisotopic (exact) mass is 453 g/mol. The van der Waals surface area contributed by atoms with Gasteiger partial charge in [0.1, 0.15) is 5.82 Å². The summed E-state index contributed by atoms with van der Waals surface area (Å²) in [6.45, 7) is 3.66. The number of benzene rings is 2. The van der Waals surface area contributed by atoms with Crippen molar-refractivity contribution in [3.8, 4) is 17.2 Å². The van der Waals surface area contributed by atoms with Crippen LogP contribution in [0.5, 0.6) is 17.2 Å². The zero-order valence-corrected chi connectivity index (χ0v) is 20.1. The quantitative estimate of drug-likeness (QED) is 0.369. The largest absolute Gasteiger partial charge is 0.493 e. The number of hydrogen-bond donors (Lipinski definition) is 1. The number of rotatable bonds is 13. The Balaban J connectivity index is 1.68. The topological polar surface area (TPSA) is 74.6 Å². The highest BCUT2D eigenvalue weighted by atomic mass is 16.5. The van der Waals surface area contributed by atoms with Gasteiger partial charge in [-0.15, -0.1) is 0 Å². The fourth-order valence-electron chi connectivity index (χ4n) is 4.04. The van der Waals surface area contributed by atoms with Crippen LogP contribution >= 0.6 is 0 Å². The predicted molar refractivity (Wildman–Crippen MR) is 131 cm³/mol. The molecule has 0 saturated carbocycles. The maximum absolute atomic E-state index is 12.8. The Morgan fingerprint density at radius 1 is 0.970 bits per heavy atom. The van der Waals surface area contributed by atoms with Crippen molar-refractivity contribution >= 4 is 16.9 Å². The highest BCUT2D eigenvalue weighted by Crippen LogP contribution is 2.38. The van der Waals surface area contributed by atoms with Crippen molar-refractivity contribution in [2.75, 3.05) is 27.9 Å². The van der Waals surface area contributed by atoms with Gasteiger partial charge in [0.05, 0.1) is 32.4 Å². The molecule has 1 amide bonds. The maximum Gasteiger partial charge on any atom is 0.251 e. The molecular formula is C26H35N3O4. The van der Waals surface area contributed by atoms with Crippen LogP contribution in [0.15, 0.2) is 36.4 Å². The van der Waals surface area contributed by atoms with Crippen LogP contribution in [-0.4, -0.2) is 43.3 Å². The summed E-state index contributed by atoms with van der Waals surface area (Å²) in [6.07, 6.45) is 6.79. The summed E-state index contributed by atoms with van der Waals surface area (Å²) in [5.41, 5.74) is 2.60. The van der Waals surface area contributed by atoms with E-state index in [-0.39, 0.29) is 5.91 Å². The van der Waals surface area contributed by atoms with Crippen molar-refractivity contribution in [3.63, 3.8) is 0 Å². The van der Waals surface area contributed by atoms with E-state index < -0.39 is 0 Å². The van der Waals surface area contributed by atoms with Gasteiger partial charge >= 0.3 is 0 Å². The number of unbranched alkanes of at least 4 members (excludes halogenated alkanes) is 4. The van der Waals surface area contributed by atoms with E-state index in [4.69, 9.17) is 19.2 Å². The van der Waals surface area contributed by atoms with Gasteiger partial charge in [0, 0.05) is 25.1 Å². The van der Waals surface area contributed by atoms with Gasteiger partial charge in [-0.25, -0.2) is 4.98 Å². The van der Waals surface area contributed by atoms with Gasteiger partial charge in [0.25, 0.3) is 5.91 Å². The molecule has 33 heavy (non-hydrogen) atoms. The third-order valence-corrected chi connectivity index (χ3v) is 5.78. The number of nitrogens with zero attached hydrogens (tertiary/aromatic N) is 2.